The molecule has 2 N–H and O–H groups in total. The summed E-state index contributed by atoms with van der Waals surface area (Å²) >= 11 is 0. The van der Waals surface area contributed by atoms with E-state index in [1.54, 1.807) is 29.8 Å². The maximum absolute atomic E-state index is 13.1. The zero-order chi connectivity index (χ0) is 20.5. The van der Waals surface area contributed by atoms with Crippen LogP contribution in [0.4, 0.5) is 5.69 Å². The lowest BCUT2D eigenvalue weighted by Crippen LogP contribution is -2.37. The van der Waals surface area contributed by atoms with E-state index in [1.165, 1.54) is 0 Å². The van der Waals surface area contributed by atoms with Gasteiger partial charge in [0.1, 0.15) is 5.56 Å². The number of pyridine rings is 1. The van der Waals surface area contributed by atoms with Gasteiger partial charge in [0.25, 0.3) is 11.5 Å². The Morgan fingerprint density at radius 3 is 2.43 bits per heavy atom. The minimum Gasteiger partial charge on any atom is -0.322 e. The van der Waals surface area contributed by atoms with Crippen molar-refractivity contribution >= 4 is 35.0 Å². The van der Waals surface area contributed by atoms with Gasteiger partial charge in [-0.05, 0) is 76.5 Å². The van der Waals surface area contributed by atoms with Crippen molar-refractivity contribution in [3.05, 3.63) is 63.3 Å². The third-order valence-corrected chi connectivity index (χ3v) is 5.59. The SMILES string of the molecule is Cc1ccn(C2CCNCC2)c(=O)c1C(=O)Nc1ccc2nc(C)c(C)nc2c1.Cl. The fourth-order valence-electron chi connectivity index (χ4n) is 3.79. The molecule has 1 fully saturated rings. The zero-order valence-corrected chi connectivity index (χ0v) is 18.2. The number of nitrogens with zero attached hydrogens (tertiary/aromatic N) is 3. The van der Waals surface area contributed by atoms with Gasteiger partial charge >= 0.3 is 0 Å². The van der Waals surface area contributed by atoms with Crippen molar-refractivity contribution in [2.75, 3.05) is 18.4 Å². The first-order valence-electron chi connectivity index (χ1n) is 9.93. The lowest BCUT2D eigenvalue weighted by atomic mass is 10.0. The second-order valence-corrected chi connectivity index (χ2v) is 7.62. The molecule has 3 aromatic rings. The van der Waals surface area contributed by atoms with Crippen molar-refractivity contribution in [1.82, 2.24) is 19.9 Å². The molecule has 0 atom stereocenters. The van der Waals surface area contributed by atoms with E-state index < -0.39 is 5.91 Å². The highest BCUT2D eigenvalue weighted by Gasteiger charge is 2.21. The van der Waals surface area contributed by atoms with E-state index in [2.05, 4.69) is 20.6 Å². The molecular weight excluding hydrogens is 402 g/mol. The number of carbonyl (C=O) groups is 1. The number of nitrogens with one attached hydrogen (secondary N) is 2. The molecule has 0 bridgehead atoms. The normalized spacial score (nSPS) is 14.4. The highest BCUT2D eigenvalue weighted by molar-refractivity contribution is 6.05. The van der Waals surface area contributed by atoms with E-state index in [1.807, 2.05) is 26.0 Å². The molecule has 1 aliphatic rings. The topological polar surface area (TPSA) is 88.9 Å². The van der Waals surface area contributed by atoms with Gasteiger partial charge in [-0.15, -0.1) is 12.4 Å². The molecule has 0 saturated carbocycles. The summed E-state index contributed by atoms with van der Waals surface area (Å²) < 4.78 is 1.71. The van der Waals surface area contributed by atoms with Crippen LogP contribution in [-0.2, 0) is 0 Å². The van der Waals surface area contributed by atoms with Crippen LogP contribution >= 0.6 is 12.4 Å². The summed E-state index contributed by atoms with van der Waals surface area (Å²) in [5.41, 5.74) is 4.44. The van der Waals surface area contributed by atoms with Crippen LogP contribution in [0.15, 0.2) is 35.3 Å². The first-order valence-corrected chi connectivity index (χ1v) is 9.93. The predicted octanol–water partition coefficient (Wildman–Crippen LogP) is 3.32. The van der Waals surface area contributed by atoms with Crippen LogP contribution < -0.4 is 16.2 Å². The van der Waals surface area contributed by atoms with Gasteiger partial charge in [-0.3, -0.25) is 9.59 Å². The number of benzene rings is 1. The van der Waals surface area contributed by atoms with E-state index in [9.17, 15) is 9.59 Å². The first-order chi connectivity index (χ1) is 13.9. The molecule has 0 unspecified atom stereocenters. The summed E-state index contributed by atoms with van der Waals surface area (Å²) in [5, 5.41) is 6.17. The molecule has 2 aromatic heterocycles. The number of aromatic nitrogens is 3. The number of halogens is 1. The average molecular weight is 428 g/mol. The smallest absolute Gasteiger partial charge is 0.263 e. The first kappa shape index (κ1) is 21.9. The van der Waals surface area contributed by atoms with Gasteiger partial charge in [-0.1, -0.05) is 0 Å². The summed E-state index contributed by atoms with van der Waals surface area (Å²) in [6.07, 6.45) is 3.57. The molecule has 1 aliphatic heterocycles. The highest BCUT2D eigenvalue weighted by Crippen LogP contribution is 2.20. The number of aryl methyl sites for hydroxylation is 3. The van der Waals surface area contributed by atoms with Crippen molar-refractivity contribution in [2.24, 2.45) is 0 Å². The second kappa shape index (κ2) is 8.93. The Labute approximate surface area is 181 Å². The zero-order valence-electron chi connectivity index (χ0n) is 17.4. The third kappa shape index (κ3) is 4.22. The molecular formula is C22H26ClN5O2. The summed E-state index contributed by atoms with van der Waals surface area (Å²) in [6, 6.07) is 7.37. The Balaban J connectivity index is 0.00000256. The minimum atomic E-state index is -0.396. The average Bonchev–Trinajstić information content (AvgIpc) is 2.70. The van der Waals surface area contributed by atoms with E-state index in [0.29, 0.717) is 16.8 Å². The number of fused-ring (bicyclic) bond motifs is 1. The van der Waals surface area contributed by atoms with Crippen LogP contribution in [0, 0.1) is 20.8 Å². The van der Waals surface area contributed by atoms with Crippen LogP contribution in [0.25, 0.3) is 11.0 Å². The molecule has 1 saturated heterocycles. The number of rotatable bonds is 3. The molecule has 30 heavy (non-hydrogen) atoms. The number of hydrogen-bond donors (Lipinski definition) is 2. The number of anilines is 1. The van der Waals surface area contributed by atoms with Gasteiger partial charge in [0, 0.05) is 17.9 Å². The lowest BCUT2D eigenvalue weighted by molar-refractivity contribution is 0.102. The highest BCUT2D eigenvalue weighted by atomic mass is 35.5. The van der Waals surface area contributed by atoms with Crippen LogP contribution in [0.2, 0.25) is 0 Å². The van der Waals surface area contributed by atoms with Gasteiger partial charge in [-0.25, -0.2) is 9.97 Å². The number of piperidine rings is 1. The summed E-state index contributed by atoms with van der Waals surface area (Å²) in [7, 11) is 0. The lowest BCUT2D eigenvalue weighted by Gasteiger charge is -2.25. The van der Waals surface area contributed by atoms with Crippen LogP contribution in [0.3, 0.4) is 0 Å². The number of carbonyl (C=O) groups excluding carboxylic acids is 1. The van der Waals surface area contributed by atoms with Gasteiger partial charge in [0.15, 0.2) is 0 Å². The quantitative estimate of drug-likeness (QED) is 0.669. The van der Waals surface area contributed by atoms with Crippen molar-refractivity contribution in [3.63, 3.8) is 0 Å². The molecule has 4 rings (SSSR count). The van der Waals surface area contributed by atoms with Crippen molar-refractivity contribution in [3.8, 4) is 0 Å². The summed E-state index contributed by atoms with van der Waals surface area (Å²) in [4.78, 5) is 35.1. The Bertz CT molecular complexity index is 1150. The van der Waals surface area contributed by atoms with E-state index in [0.717, 1.165) is 42.8 Å². The Kier molecular flexibility index (Phi) is 6.53. The summed E-state index contributed by atoms with van der Waals surface area (Å²) in [6.45, 7) is 7.38. The predicted molar refractivity (Wildman–Crippen MR) is 121 cm³/mol. The molecule has 3 heterocycles. The Morgan fingerprint density at radius 2 is 1.73 bits per heavy atom. The fourth-order valence-corrected chi connectivity index (χ4v) is 3.79. The third-order valence-electron chi connectivity index (χ3n) is 5.59. The maximum Gasteiger partial charge on any atom is 0.263 e. The van der Waals surface area contributed by atoms with E-state index >= 15 is 0 Å². The largest absolute Gasteiger partial charge is 0.322 e. The van der Waals surface area contributed by atoms with Crippen molar-refractivity contribution in [1.29, 1.82) is 0 Å². The Hall–Kier alpha value is -2.77. The van der Waals surface area contributed by atoms with E-state index in [4.69, 9.17) is 0 Å². The van der Waals surface area contributed by atoms with Gasteiger partial charge in [-0.2, -0.15) is 0 Å². The van der Waals surface area contributed by atoms with Crippen molar-refractivity contribution < 1.29 is 4.79 Å². The maximum atomic E-state index is 13.1. The van der Waals surface area contributed by atoms with Gasteiger partial charge in [0.2, 0.25) is 0 Å². The van der Waals surface area contributed by atoms with Crippen LogP contribution in [0.5, 0.6) is 0 Å². The fraction of sp³-hybridized carbons (Fsp3) is 0.364. The van der Waals surface area contributed by atoms with Crippen LogP contribution in [-0.4, -0.2) is 33.5 Å². The van der Waals surface area contributed by atoms with Crippen molar-refractivity contribution in [2.45, 2.75) is 39.7 Å². The molecule has 0 aliphatic carbocycles. The molecule has 1 amide bonds. The molecule has 8 heteroatoms. The van der Waals surface area contributed by atoms with Crippen LogP contribution in [0.1, 0.15) is 46.2 Å². The number of amides is 1. The standard InChI is InChI=1S/C22H25N5O2.ClH/c1-13-8-11-27(17-6-9-23-10-7-17)22(29)20(13)21(28)26-16-4-5-18-19(12-16)25-15(3)14(2)24-18;/h4-5,8,11-12,17,23H,6-7,9-10H2,1-3H3,(H,26,28);1H. The summed E-state index contributed by atoms with van der Waals surface area (Å²) in [5.74, 6) is -0.396. The second-order valence-electron chi connectivity index (χ2n) is 7.62. The van der Waals surface area contributed by atoms with Gasteiger partial charge < -0.3 is 15.2 Å². The molecule has 1 aromatic carbocycles. The van der Waals surface area contributed by atoms with Gasteiger partial charge in [0.05, 0.1) is 22.4 Å². The molecule has 158 valence electrons. The molecule has 0 spiro atoms. The minimum absolute atomic E-state index is 0. The molecule has 0 radical (unpaired) electrons. The monoisotopic (exact) mass is 427 g/mol. The Morgan fingerprint density at radius 1 is 1.07 bits per heavy atom. The van der Waals surface area contributed by atoms with E-state index in [-0.39, 0.29) is 29.6 Å². The molecule has 7 nitrogen and oxygen atoms in total. The number of hydrogen-bond acceptors (Lipinski definition) is 5.